The molecule has 0 saturated carbocycles. The molecule has 0 radical (unpaired) electrons. The summed E-state index contributed by atoms with van der Waals surface area (Å²) in [6, 6.07) is 1.30. The maximum atomic E-state index is 12.1. The number of hydrogen-bond donors (Lipinski definition) is 1. The van der Waals surface area contributed by atoms with E-state index in [4.69, 9.17) is 5.11 Å². The molecular formula is C10H14F3NO. The number of aromatic nitrogens is 1. The minimum Gasteiger partial charge on any atom is -0.379 e. The molecule has 1 heterocycles. The van der Waals surface area contributed by atoms with Gasteiger partial charge in [-0.3, -0.25) is 0 Å². The summed E-state index contributed by atoms with van der Waals surface area (Å²) in [5, 5.41) is 8.96. The van der Waals surface area contributed by atoms with Gasteiger partial charge in [-0.05, 0) is 12.5 Å². The fraction of sp³-hybridized carbons (Fsp3) is 0.600. The lowest BCUT2D eigenvalue weighted by Gasteiger charge is -2.12. The van der Waals surface area contributed by atoms with Crippen LogP contribution in [-0.4, -0.2) is 15.8 Å². The van der Waals surface area contributed by atoms with Gasteiger partial charge in [0.05, 0.1) is 0 Å². The molecule has 1 rings (SSSR count). The van der Waals surface area contributed by atoms with Gasteiger partial charge in [-0.1, -0.05) is 13.3 Å². The molecular weight excluding hydrogens is 207 g/mol. The molecule has 0 bridgehead atoms. The van der Waals surface area contributed by atoms with Crippen molar-refractivity contribution in [3.05, 3.63) is 24.0 Å². The summed E-state index contributed by atoms with van der Waals surface area (Å²) in [4.78, 5) is 0. The van der Waals surface area contributed by atoms with E-state index in [-0.39, 0.29) is 5.56 Å². The minimum absolute atomic E-state index is 0.0985. The lowest BCUT2D eigenvalue weighted by Crippen LogP contribution is -2.19. The van der Waals surface area contributed by atoms with Crippen molar-refractivity contribution in [2.45, 2.75) is 38.6 Å². The number of aliphatic hydroxyl groups excluding tert-OH is 1. The Morgan fingerprint density at radius 3 is 2.67 bits per heavy atom. The molecule has 0 aliphatic rings. The molecule has 86 valence electrons. The van der Waals surface area contributed by atoms with Crippen molar-refractivity contribution < 1.29 is 18.3 Å². The molecule has 1 N–H and O–H groups in total. The molecule has 0 aliphatic carbocycles. The largest absolute Gasteiger partial charge is 0.418 e. The summed E-state index contributed by atoms with van der Waals surface area (Å²) >= 11 is 0. The normalized spacial score (nSPS) is 14.2. The highest BCUT2D eigenvalue weighted by molar-refractivity contribution is 5.15. The zero-order valence-electron chi connectivity index (χ0n) is 8.46. The van der Waals surface area contributed by atoms with E-state index >= 15 is 0 Å². The first kappa shape index (κ1) is 12.1. The average molecular weight is 221 g/mol. The summed E-state index contributed by atoms with van der Waals surface area (Å²) in [7, 11) is 0. The van der Waals surface area contributed by atoms with Gasteiger partial charge in [-0.15, -0.1) is 0 Å². The number of hydrogen-bond acceptors (Lipinski definition) is 1. The number of aliphatic hydroxyl groups is 1. The number of rotatable bonds is 4. The van der Waals surface area contributed by atoms with E-state index in [0.717, 1.165) is 12.8 Å². The second-order valence-electron chi connectivity index (χ2n) is 3.48. The van der Waals surface area contributed by atoms with Gasteiger partial charge >= 0.3 is 6.18 Å². The van der Waals surface area contributed by atoms with Crippen LogP contribution in [0.2, 0.25) is 0 Å². The van der Waals surface area contributed by atoms with E-state index in [0.29, 0.717) is 6.54 Å². The van der Waals surface area contributed by atoms with Gasteiger partial charge in [0.25, 0.3) is 0 Å². The Hall–Kier alpha value is -0.970. The Kier molecular flexibility index (Phi) is 3.79. The van der Waals surface area contributed by atoms with Crippen molar-refractivity contribution in [2.24, 2.45) is 0 Å². The first-order valence-electron chi connectivity index (χ1n) is 4.85. The maximum absolute atomic E-state index is 12.1. The second-order valence-corrected chi connectivity index (χ2v) is 3.48. The van der Waals surface area contributed by atoms with Crippen LogP contribution >= 0.6 is 0 Å². The quantitative estimate of drug-likeness (QED) is 0.830. The Labute approximate surface area is 86.3 Å². The Balaban J connectivity index is 2.67. The van der Waals surface area contributed by atoms with Crippen LogP contribution in [-0.2, 0) is 6.54 Å². The minimum atomic E-state index is -4.59. The summed E-state index contributed by atoms with van der Waals surface area (Å²) in [5.74, 6) is 0. The molecule has 0 aliphatic heterocycles. The number of alkyl halides is 3. The lowest BCUT2D eigenvalue weighted by atomic mass is 10.2. The van der Waals surface area contributed by atoms with Gasteiger partial charge in [-0.25, -0.2) is 0 Å². The van der Waals surface area contributed by atoms with Gasteiger partial charge in [-0.2, -0.15) is 13.2 Å². The predicted octanol–water partition coefficient (Wildman–Crippen LogP) is 2.88. The Bertz CT molecular complexity index is 306. The average Bonchev–Trinajstić information content (AvgIpc) is 2.60. The Morgan fingerprint density at radius 1 is 1.47 bits per heavy atom. The smallest absolute Gasteiger partial charge is 0.379 e. The predicted molar refractivity (Wildman–Crippen MR) is 50.4 cm³/mol. The van der Waals surface area contributed by atoms with Crippen LogP contribution in [0.15, 0.2) is 18.5 Å². The van der Waals surface area contributed by atoms with Crippen molar-refractivity contribution in [3.63, 3.8) is 0 Å². The molecule has 0 spiro atoms. The zero-order chi connectivity index (χ0) is 11.5. The molecule has 15 heavy (non-hydrogen) atoms. The highest BCUT2D eigenvalue weighted by atomic mass is 19.4. The molecule has 1 aromatic heterocycles. The summed E-state index contributed by atoms with van der Waals surface area (Å²) in [6.07, 6.45) is -2.17. The highest BCUT2D eigenvalue weighted by Gasteiger charge is 2.39. The van der Waals surface area contributed by atoms with Crippen molar-refractivity contribution in [1.29, 1.82) is 0 Å². The van der Waals surface area contributed by atoms with Crippen LogP contribution in [0, 0.1) is 0 Å². The van der Waals surface area contributed by atoms with Crippen LogP contribution in [0.1, 0.15) is 31.4 Å². The van der Waals surface area contributed by atoms with Crippen LogP contribution in [0.25, 0.3) is 0 Å². The Morgan fingerprint density at radius 2 is 2.13 bits per heavy atom. The number of halogens is 3. The van der Waals surface area contributed by atoms with E-state index in [1.807, 2.05) is 6.92 Å². The van der Waals surface area contributed by atoms with Crippen LogP contribution in [0.3, 0.4) is 0 Å². The van der Waals surface area contributed by atoms with Crippen molar-refractivity contribution >= 4 is 0 Å². The fourth-order valence-corrected chi connectivity index (χ4v) is 1.29. The number of nitrogens with zero attached hydrogens (tertiary/aromatic N) is 1. The third-order valence-electron chi connectivity index (χ3n) is 2.17. The zero-order valence-corrected chi connectivity index (χ0v) is 8.46. The molecule has 0 saturated heterocycles. The molecule has 0 amide bonds. The molecule has 1 atom stereocenters. The molecule has 2 nitrogen and oxygen atoms in total. The van der Waals surface area contributed by atoms with Gasteiger partial charge in [0.2, 0.25) is 0 Å². The van der Waals surface area contributed by atoms with Crippen molar-refractivity contribution in [1.82, 2.24) is 4.57 Å². The van der Waals surface area contributed by atoms with Crippen molar-refractivity contribution in [3.8, 4) is 0 Å². The van der Waals surface area contributed by atoms with Gasteiger partial charge in [0, 0.05) is 24.5 Å². The highest BCUT2D eigenvalue weighted by Crippen LogP contribution is 2.32. The van der Waals surface area contributed by atoms with Crippen molar-refractivity contribution in [2.75, 3.05) is 0 Å². The van der Waals surface area contributed by atoms with E-state index in [2.05, 4.69) is 0 Å². The summed E-state index contributed by atoms with van der Waals surface area (Å²) < 4.78 is 38.1. The number of unbranched alkanes of at least 4 members (excludes halogenated alkanes) is 1. The third-order valence-corrected chi connectivity index (χ3v) is 2.17. The number of aryl methyl sites for hydroxylation is 1. The van der Waals surface area contributed by atoms with Crippen LogP contribution in [0.5, 0.6) is 0 Å². The fourth-order valence-electron chi connectivity index (χ4n) is 1.29. The van der Waals surface area contributed by atoms with E-state index < -0.39 is 12.3 Å². The van der Waals surface area contributed by atoms with Gasteiger partial charge in [0.1, 0.15) is 0 Å². The summed E-state index contributed by atoms with van der Waals surface area (Å²) in [6.45, 7) is 2.69. The summed E-state index contributed by atoms with van der Waals surface area (Å²) in [5.41, 5.74) is -0.0985. The molecule has 5 heteroatoms. The van der Waals surface area contributed by atoms with E-state index in [1.165, 1.54) is 12.3 Å². The monoisotopic (exact) mass is 221 g/mol. The lowest BCUT2D eigenvalue weighted by molar-refractivity contribution is -0.206. The first-order chi connectivity index (χ1) is 6.95. The molecule has 1 unspecified atom stereocenters. The molecule has 0 aromatic carbocycles. The standard InChI is InChI=1S/C10H14F3NO/c1-2-3-5-14-6-4-8(7-14)9(15)10(11,12)13/h4,6-7,9,15H,2-3,5H2,1H3. The van der Waals surface area contributed by atoms with E-state index in [1.54, 1.807) is 10.8 Å². The molecule has 1 aromatic rings. The van der Waals surface area contributed by atoms with Gasteiger partial charge < -0.3 is 9.67 Å². The van der Waals surface area contributed by atoms with E-state index in [9.17, 15) is 13.2 Å². The topological polar surface area (TPSA) is 25.2 Å². The van der Waals surface area contributed by atoms with Crippen LogP contribution in [0.4, 0.5) is 13.2 Å². The van der Waals surface area contributed by atoms with Gasteiger partial charge in [0.15, 0.2) is 6.10 Å². The second kappa shape index (κ2) is 4.70. The SMILES string of the molecule is CCCCn1ccc(C(O)C(F)(F)F)c1. The maximum Gasteiger partial charge on any atom is 0.418 e. The molecule has 0 fully saturated rings. The first-order valence-corrected chi connectivity index (χ1v) is 4.85. The van der Waals surface area contributed by atoms with Crippen LogP contribution < -0.4 is 0 Å². The third kappa shape index (κ3) is 3.27.